The lowest BCUT2D eigenvalue weighted by Crippen LogP contribution is -2.51. The fourth-order valence-electron chi connectivity index (χ4n) is 3.65. The van der Waals surface area contributed by atoms with Crippen LogP contribution in [0.3, 0.4) is 0 Å². The van der Waals surface area contributed by atoms with Gasteiger partial charge in [0.2, 0.25) is 0 Å². The molecule has 1 saturated heterocycles. The second kappa shape index (κ2) is 6.45. The Kier molecular flexibility index (Phi) is 4.60. The zero-order chi connectivity index (χ0) is 14.8. The molecule has 2 aliphatic rings. The molecule has 0 radical (unpaired) electrons. The van der Waals surface area contributed by atoms with E-state index in [0.29, 0.717) is 27.7 Å². The van der Waals surface area contributed by atoms with E-state index in [9.17, 15) is 4.79 Å². The summed E-state index contributed by atoms with van der Waals surface area (Å²) in [5.41, 5.74) is 0.701. The Morgan fingerprint density at radius 3 is 2.67 bits per heavy atom. The smallest absolute Gasteiger partial charge is 0.321 e. The van der Waals surface area contributed by atoms with Crippen LogP contribution in [0, 0.1) is 5.92 Å². The van der Waals surface area contributed by atoms with E-state index >= 15 is 0 Å². The van der Waals surface area contributed by atoms with Crippen LogP contribution in [0.5, 0.6) is 0 Å². The van der Waals surface area contributed by atoms with Crippen molar-refractivity contribution in [2.75, 3.05) is 11.9 Å². The number of anilines is 1. The Hall–Kier alpha value is -0.930. The first-order valence-corrected chi connectivity index (χ1v) is 8.43. The number of nitrogens with one attached hydrogen (secondary N) is 1. The molecule has 2 atom stereocenters. The molecule has 1 heterocycles. The maximum absolute atomic E-state index is 12.6. The van der Waals surface area contributed by atoms with E-state index in [1.165, 1.54) is 25.7 Å². The summed E-state index contributed by atoms with van der Waals surface area (Å²) in [7, 11) is 0. The summed E-state index contributed by atoms with van der Waals surface area (Å²) in [6.45, 7) is 0.855. The van der Waals surface area contributed by atoms with Gasteiger partial charge in [-0.3, -0.25) is 0 Å². The van der Waals surface area contributed by atoms with Crippen molar-refractivity contribution in [3.05, 3.63) is 28.2 Å². The standard InChI is InChI=1S/C16H20Cl2N2O/c17-13-8-7-12(10-14(13)18)19-16(21)20-9-3-5-11-4-1-2-6-15(11)20/h7-8,10-11,15H,1-6,9H2,(H,19,21)/t11-,15-/m0/s1. The molecule has 2 fully saturated rings. The van der Waals surface area contributed by atoms with Gasteiger partial charge in [-0.2, -0.15) is 0 Å². The van der Waals surface area contributed by atoms with Crippen LogP contribution in [-0.2, 0) is 0 Å². The number of urea groups is 1. The number of carbonyl (C=O) groups excluding carboxylic acids is 1. The lowest BCUT2D eigenvalue weighted by molar-refractivity contribution is 0.0909. The van der Waals surface area contributed by atoms with Gasteiger partial charge in [0.15, 0.2) is 0 Å². The molecule has 0 bridgehead atoms. The van der Waals surface area contributed by atoms with E-state index in [1.807, 2.05) is 4.90 Å². The maximum Gasteiger partial charge on any atom is 0.322 e. The first-order valence-electron chi connectivity index (χ1n) is 7.68. The third-order valence-corrected chi connectivity index (χ3v) is 5.41. The van der Waals surface area contributed by atoms with Gasteiger partial charge in [-0.1, -0.05) is 36.0 Å². The van der Waals surface area contributed by atoms with E-state index in [0.717, 1.165) is 19.4 Å². The van der Waals surface area contributed by atoms with Gasteiger partial charge in [-0.05, 0) is 49.8 Å². The summed E-state index contributed by atoms with van der Waals surface area (Å²) >= 11 is 11.9. The highest BCUT2D eigenvalue weighted by Crippen LogP contribution is 2.35. The van der Waals surface area contributed by atoms with Crippen LogP contribution in [0.25, 0.3) is 0 Å². The lowest BCUT2D eigenvalue weighted by Gasteiger charge is -2.44. The first-order chi connectivity index (χ1) is 10.1. The largest absolute Gasteiger partial charge is 0.322 e. The van der Waals surface area contributed by atoms with Gasteiger partial charge >= 0.3 is 6.03 Å². The molecule has 3 nitrogen and oxygen atoms in total. The van der Waals surface area contributed by atoms with Gasteiger partial charge in [0.25, 0.3) is 0 Å². The number of carbonyl (C=O) groups is 1. The molecule has 114 valence electrons. The molecule has 1 aromatic carbocycles. The minimum atomic E-state index is -0.00927. The van der Waals surface area contributed by atoms with Gasteiger partial charge in [-0.15, -0.1) is 0 Å². The van der Waals surface area contributed by atoms with Crippen molar-refractivity contribution in [2.24, 2.45) is 5.92 Å². The Bertz CT molecular complexity index is 533. The first kappa shape index (κ1) is 15.0. The number of likely N-dealkylation sites (tertiary alicyclic amines) is 1. The highest BCUT2D eigenvalue weighted by Gasteiger charge is 2.35. The van der Waals surface area contributed by atoms with Crippen LogP contribution in [-0.4, -0.2) is 23.5 Å². The third kappa shape index (κ3) is 3.29. The van der Waals surface area contributed by atoms with Crippen LogP contribution in [0.15, 0.2) is 18.2 Å². The third-order valence-electron chi connectivity index (χ3n) is 4.67. The molecular formula is C16H20Cl2N2O. The van der Waals surface area contributed by atoms with Crippen molar-refractivity contribution < 1.29 is 4.79 Å². The number of benzene rings is 1. The van der Waals surface area contributed by atoms with Crippen molar-refractivity contribution in [1.82, 2.24) is 4.90 Å². The number of hydrogen-bond acceptors (Lipinski definition) is 1. The molecule has 3 rings (SSSR count). The zero-order valence-electron chi connectivity index (χ0n) is 11.9. The zero-order valence-corrected chi connectivity index (χ0v) is 13.5. The Morgan fingerprint density at radius 2 is 1.86 bits per heavy atom. The Morgan fingerprint density at radius 1 is 1.10 bits per heavy atom. The monoisotopic (exact) mass is 326 g/mol. The average Bonchev–Trinajstić information content (AvgIpc) is 2.50. The summed E-state index contributed by atoms with van der Waals surface area (Å²) in [5.74, 6) is 0.687. The van der Waals surface area contributed by atoms with E-state index in [1.54, 1.807) is 18.2 Å². The molecule has 2 amide bonds. The van der Waals surface area contributed by atoms with E-state index in [2.05, 4.69) is 5.32 Å². The predicted molar refractivity (Wildman–Crippen MR) is 87.2 cm³/mol. The minimum absolute atomic E-state index is 0.00927. The van der Waals surface area contributed by atoms with Gasteiger partial charge in [0.1, 0.15) is 0 Å². The van der Waals surface area contributed by atoms with Crippen molar-refractivity contribution in [1.29, 1.82) is 0 Å². The quantitative estimate of drug-likeness (QED) is 0.757. The molecule has 1 aromatic rings. The van der Waals surface area contributed by atoms with Crippen molar-refractivity contribution in [2.45, 2.75) is 44.6 Å². The van der Waals surface area contributed by atoms with Crippen LogP contribution in [0.2, 0.25) is 10.0 Å². The molecule has 1 saturated carbocycles. The summed E-state index contributed by atoms with van der Waals surface area (Å²) < 4.78 is 0. The van der Waals surface area contributed by atoms with E-state index in [-0.39, 0.29) is 6.03 Å². The number of amides is 2. The SMILES string of the molecule is O=C(Nc1ccc(Cl)c(Cl)c1)N1CCC[C@@H]2CCCC[C@@H]21. The molecule has 0 unspecified atom stereocenters. The predicted octanol–water partition coefficient (Wildman–Crippen LogP) is 5.18. The highest BCUT2D eigenvalue weighted by atomic mass is 35.5. The van der Waals surface area contributed by atoms with E-state index in [4.69, 9.17) is 23.2 Å². The highest BCUT2D eigenvalue weighted by molar-refractivity contribution is 6.42. The molecular weight excluding hydrogens is 307 g/mol. The molecule has 1 aliphatic heterocycles. The Labute approximate surface area is 135 Å². The normalized spacial score (nSPS) is 25.3. The van der Waals surface area contributed by atoms with Gasteiger partial charge in [-0.25, -0.2) is 4.79 Å². The van der Waals surface area contributed by atoms with Crippen LogP contribution in [0.1, 0.15) is 38.5 Å². The summed E-state index contributed by atoms with van der Waals surface area (Å²) in [5, 5.41) is 3.92. The van der Waals surface area contributed by atoms with Gasteiger partial charge in [0, 0.05) is 18.3 Å². The topological polar surface area (TPSA) is 32.3 Å². The van der Waals surface area contributed by atoms with Crippen LogP contribution in [0.4, 0.5) is 10.5 Å². The number of rotatable bonds is 1. The number of halogens is 2. The summed E-state index contributed by atoms with van der Waals surface area (Å²) in [6.07, 6.45) is 7.32. The second-order valence-corrected chi connectivity index (χ2v) is 6.82. The van der Waals surface area contributed by atoms with Crippen molar-refractivity contribution in [3.8, 4) is 0 Å². The van der Waals surface area contributed by atoms with Crippen LogP contribution >= 0.6 is 23.2 Å². The van der Waals surface area contributed by atoms with Crippen LogP contribution < -0.4 is 5.32 Å². The number of nitrogens with zero attached hydrogens (tertiary/aromatic N) is 1. The van der Waals surface area contributed by atoms with Gasteiger partial charge in [0.05, 0.1) is 10.0 Å². The minimum Gasteiger partial charge on any atom is -0.321 e. The number of piperidine rings is 1. The molecule has 0 spiro atoms. The van der Waals surface area contributed by atoms with E-state index < -0.39 is 0 Å². The summed E-state index contributed by atoms with van der Waals surface area (Å²) in [4.78, 5) is 14.6. The fraction of sp³-hybridized carbons (Fsp3) is 0.562. The van der Waals surface area contributed by atoms with Gasteiger partial charge < -0.3 is 10.2 Å². The summed E-state index contributed by atoms with van der Waals surface area (Å²) in [6, 6.07) is 5.60. The molecule has 1 N–H and O–H groups in total. The average molecular weight is 327 g/mol. The maximum atomic E-state index is 12.6. The number of fused-ring (bicyclic) bond motifs is 1. The second-order valence-electron chi connectivity index (χ2n) is 6.01. The lowest BCUT2D eigenvalue weighted by atomic mass is 9.78. The molecule has 21 heavy (non-hydrogen) atoms. The molecule has 5 heteroatoms. The Balaban J connectivity index is 1.70. The fourth-order valence-corrected chi connectivity index (χ4v) is 3.94. The molecule has 0 aromatic heterocycles. The van der Waals surface area contributed by atoms with Crippen molar-refractivity contribution in [3.63, 3.8) is 0 Å². The number of hydrogen-bond donors (Lipinski definition) is 1. The molecule has 1 aliphatic carbocycles. The van der Waals surface area contributed by atoms with Crippen molar-refractivity contribution >= 4 is 34.9 Å².